The standard InChI is InChI=1S/C24H32N2O4/c1-25-11-9-24(10-12-25)17-26(15-18-7-5-6-8-20(18)30-24)16-19-13-22(28-3)23(29-4)14-21(19)27-2/h5-8,13-14H,9-12,15-17H2,1-4H3. The highest BCUT2D eigenvalue weighted by Crippen LogP contribution is 2.38. The number of rotatable bonds is 5. The van der Waals surface area contributed by atoms with Crippen molar-refractivity contribution in [1.82, 2.24) is 9.80 Å². The second-order valence-corrected chi connectivity index (χ2v) is 8.36. The lowest BCUT2D eigenvalue weighted by Crippen LogP contribution is -2.52. The SMILES string of the molecule is COc1cc(OC)c(OC)cc1CN1Cc2ccccc2OC2(CCN(C)CC2)C1. The third-order valence-electron chi connectivity index (χ3n) is 6.28. The fourth-order valence-electron chi connectivity index (χ4n) is 4.56. The van der Waals surface area contributed by atoms with Gasteiger partial charge < -0.3 is 23.8 Å². The molecular weight excluding hydrogens is 380 g/mol. The summed E-state index contributed by atoms with van der Waals surface area (Å²) in [5.74, 6) is 3.22. The fraction of sp³-hybridized carbons (Fsp3) is 0.500. The number of methoxy groups -OCH3 is 3. The zero-order valence-electron chi connectivity index (χ0n) is 18.4. The van der Waals surface area contributed by atoms with E-state index in [1.54, 1.807) is 21.3 Å². The highest BCUT2D eigenvalue weighted by atomic mass is 16.5. The molecule has 6 heteroatoms. The maximum absolute atomic E-state index is 6.70. The van der Waals surface area contributed by atoms with E-state index in [2.05, 4.69) is 41.1 Å². The minimum Gasteiger partial charge on any atom is -0.496 e. The van der Waals surface area contributed by atoms with Crippen LogP contribution in [0.15, 0.2) is 36.4 Å². The van der Waals surface area contributed by atoms with Gasteiger partial charge in [-0.3, -0.25) is 4.90 Å². The van der Waals surface area contributed by atoms with Crippen LogP contribution in [0.25, 0.3) is 0 Å². The molecule has 0 saturated carbocycles. The first kappa shape index (κ1) is 20.8. The van der Waals surface area contributed by atoms with Gasteiger partial charge in [-0.2, -0.15) is 0 Å². The molecule has 1 saturated heterocycles. The Balaban J connectivity index is 1.66. The summed E-state index contributed by atoms with van der Waals surface area (Å²) in [5, 5.41) is 0. The largest absolute Gasteiger partial charge is 0.496 e. The van der Waals surface area contributed by atoms with Gasteiger partial charge in [0.1, 0.15) is 17.1 Å². The molecule has 2 aromatic rings. The van der Waals surface area contributed by atoms with Crippen LogP contribution in [0.2, 0.25) is 0 Å². The highest BCUT2D eigenvalue weighted by molar-refractivity contribution is 5.50. The first-order valence-corrected chi connectivity index (χ1v) is 10.5. The molecule has 162 valence electrons. The Morgan fingerprint density at radius 1 is 0.933 bits per heavy atom. The van der Waals surface area contributed by atoms with Gasteiger partial charge in [-0.1, -0.05) is 18.2 Å². The molecule has 0 aromatic heterocycles. The van der Waals surface area contributed by atoms with Gasteiger partial charge in [0, 0.05) is 62.8 Å². The van der Waals surface area contributed by atoms with Gasteiger partial charge in [-0.15, -0.1) is 0 Å². The Kier molecular flexibility index (Phi) is 6.06. The maximum atomic E-state index is 6.70. The van der Waals surface area contributed by atoms with Crippen molar-refractivity contribution in [1.29, 1.82) is 0 Å². The Morgan fingerprint density at radius 2 is 1.60 bits per heavy atom. The molecule has 2 aliphatic heterocycles. The van der Waals surface area contributed by atoms with Crippen LogP contribution in [0.1, 0.15) is 24.0 Å². The number of piperidine rings is 1. The van der Waals surface area contributed by atoms with Crippen molar-refractivity contribution in [3.8, 4) is 23.0 Å². The van der Waals surface area contributed by atoms with Crippen molar-refractivity contribution in [2.24, 2.45) is 0 Å². The Hall–Kier alpha value is -2.44. The van der Waals surface area contributed by atoms with E-state index in [9.17, 15) is 0 Å². The lowest BCUT2D eigenvalue weighted by molar-refractivity contribution is -0.0147. The molecule has 0 radical (unpaired) electrons. The molecule has 30 heavy (non-hydrogen) atoms. The molecule has 4 rings (SSSR count). The molecule has 6 nitrogen and oxygen atoms in total. The number of hydrogen-bond donors (Lipinski definition) is 0. The highest BCUT2D eigenvalue weighted by Gasteiger charge is 2.40. The molecule has 0 unspecified atom stereocenters. The van der Waals surface area contributed by atoms with Crippen LogP contribution in [0, 0.1) is 0 Å². The zero-order chi connectivity index (χ0) is 21.1. The molecule has 2 aromatic carbocycles. The molecule has 0 amide bonds. The zero-order valence-corrected chi connectivity index (χ0v) is 18.4. The van der Waals surface area contributed by atoms with Gasteiger partial charge in [0.05, 0.1) is 21.3 Å². The van der Waals surface area contributed by atoms with Crippen molar-refractivity contribution < 1.29 is 18.9 Å². The quantitative estimate of drug-likeness (QED) is 0.748. The Bertz CT molecular complexity index is 878. The summed E-state index contributed by atoms with van der Waals surface area (Å²) in [4.78, 5) is 4.86. The number of hydrogen-bond acceptors (Lipinski definition) is 6. The summed E-state index contributed by atoms with van der Waals surface area (Å²) in [6.45, 7) is 4.57. The summed E-state index contributed by atoms with van der Waals surface area (Å²) in [5.41, 5.74) is 2.15. The molecule has 0 bridgehead atoms. The maximum Gasteiger partial charge on any atom is 0.164 e. The lowest BCUT2D eigenvalue weighted by atomic mass is 9.90. The number of para-hydroxylation sites is 1. The third-order valence-corrected chi connectivity index (χ3v) is 6.28. The number of ether oxygens (including phenoxy) is 4. The van der Waals surface area contributed by atoms with E-state index in [1.165, 1.54) is 5.56 Å². The predicted molar refractivity (Wildman–Crippen MR) is 117 cm³/mol. The molecule has 0 atom stereocenters. The van der Waals surface area contributed by atoms with Crippen LogP contribution in [-0.2, 0) is 13.1 Å². The second-order valence-electron chi connectivity index (χ2n) is 8.36. The molecule has 1 fully saturated rings. The molecule has 0 N–H and O–H groups in total. The van der Waals surface area contributed by atoms with Crippen LogP contribution in [0.4, 0.5) is 0 Å². The van der Waals surface area contributed by atoms with Crippen LogP contribution in [0.5, 0.6) is 23.0 Å². The first-order valence-electron chi connectivity index (χ1n) is 10.5. The monoisotopic (exact) mass is 412 g/mol. The van der Waals surface area contributed by atoms with Crippen LogP contribution in [0.3, 0.4) is 0 Å². The van der Waals surface area contributed by atoms with Crippen molar-refractivity contribution in [3.05, 3.63) is 47.5 Å². The predicted octanol–water partition coefficient (Wildman–Crippen LogP) is 3.57. The van der Waals surface area contributed by atoms with Gasteiger partial charge in [-0.25, -0.2) is 0 Å². The van der Waals surface area contributed by atoms with Gasteiger partial charge in [-0.05, 0) is 19.2 Å². The normalized spacial score (nSPS) is 18.9. The molecule has 0 aliphatic carbocycles. The van der Waals surface area contributed by atoms with Gasteiger partial charge in [0.25, 0.3) is 0 Å². The van der Waals surface area contributed by atoms with E-state index in [4.69, 9.17) is 18.9 Å². The van der Waals surface area contributed by atoms with Gasteiger partial charge in [0.15, 0.2) is 11.5 Å². The molecule has 2 heterocycles. The Morgan fingerprint density at radius 3 is 2.30 bits per heavy atom. The average Bonchev–Trinajstić information content (AvgIpc) is 2.91. The molecule has 2 aliphatic rings. The summed E-state index contributed by atoms with van der Waals surface area (Å²) < 4.78 is 23.4. The lowest BCUT2D eigenvalue weighted by Gasteiger charge is -2.42. The summed E-state index contributed by atoms with van der Waals surface area (Å²) in [7, 11) is 7.19. The van der Waals surface area contributed by atoms with Gasteiger partial charge >= 0.3 is 0 Å². The minimum atomic E-state index is -0.164. The van der Waals surface area contributed by atoms with Crippen LogP contribution >= 0.6 is 0 Å². The average molecular weight is 413 g/mol. The summed E-state index contributed by atoms with van der Waals surface area (Å²) in [6, 6.07) is 12.4. The van der Waals surface area contributed by atoms with E-state index in [0.717, 1.165) is 62.6 Å². The fourth-order valence-corrected chi connectivity index (χ4v) is 4.56. The number of fused-ring (bicyclic) bond motifs is 1. The van der Waals surface area contributed by atoms with Crippen LogP contribution in [-0.4, -0.2) is 63.4 Å². The number of nitrogens with zero attached hydrogens (tertiary/aromatic N) is 2. The minimum absolute atomic E-state index is 0.164. The topological polar surface area (TPSA) is 43.4 Å². The van der Waals surface area contributed by atoms with E-state index >= 15 is 0 Å². The van der Waals surface area contributed by atoms with Crippen molar-refractivity contribution in [2.45, 2.75) is 31.5 Å². The van der Waals surface area contributed by atoms with E-state index in [1.807, 2.05) is 12.1 Å². The third kappa shape index (κ3) is 4.20. The number of benzene rings is 2. The van der Waals surface area contributed by atoms with E-state index < -0.39 is 0 Å². The second kappa shape index (κ2) is 8.74. The van der Waals surface area contributed by atoms with Crippen molar-refractivity contribution in [3.63, 3.8) is 0 Å². The molecular formula is C24H32N2O4. The summed E-state index contributed by atoms with van der Waals surface area (Å²) >= 11 is 0. The van der Waals surface area contributed by atoms with E-state index in [-0.39, 0.29) is 5.60 Å². The first-order chi connectivity index (χ1) is 14.6. The van der Waals surface area contributed by atoms with E-state index in [0.29, 0.717) is 11.5 Å². The van der Waals surface area contributed by atoms with Crippen LogP contribution < -0.4 is 18.9 Å². The van der Waals surface area contributed by atoms with Gasteiger partial charge in [0.2, 0.25) is 0 Å². The Labute approximate surface area is 179 Å². The molecule has 1 spiro atoms. The van der Waals surface area contributed by atoms with Crippen molar-refractivity contribution >= 4 is 0 Å². The smallest absolute Gasteiger partial charge is 0.164 e. The van der Waals surface area contributed by atoms with Crippen molar-refractivity contribution in [2.75, 3.05) is 48.0 Å². The summed E-state index contributed by atoms with van der Waals surface area (Å²) in [6.07, 6.45) is 2.05. The number of likely N-dealkylation sites (tertiary alicyclic amines) is 1.